The van der Waals surface area contributed by atoms with Crippen molar-refractivity contribution in [1.82, 2.24) is 15.5 Å². The number of hydrogen-bond acceptors (Lipinski definition) is 16. The lowest BCUT2D eigenvalue weighted by Gasteiger charge is -2.42. The molecule has 0 spiro atoms. The molecule has 4 amide bonds. The summed E-state index contributed by atoms with van der Waals surface area (Å²) in [7, 11) is 9.42. The zero-order chi connectivity index (χ0) is 53.1. The number of alkyl carbamates (subject to hydrolysis) is 2. The number of hydrogen-bond donors (Lipinski definition) is 3. The van der Waals surface area contributed by atoms with Gasteiger partial charge in [-0.3, -0.25) is 19.7 Å². The molecule has 4 bridgehead atoms. The Balaban J connectivity index is 1.23. The van der Waals surface area contributed by atoms with Crippen molar-refractivity contribution in [3.8, 4) is 5.75 Å². The number of epoxide rings is 1. The maximum Gasteiger partial charge on any atom is 0.409 e. The van der Waals surface area contributed by atoms with Gasteiger partial charge in [0.1, 0.15) is 52.6 Å². The number of ether oxygens (including phenoxy) is 6. The fraction of sp³-hybridized carbons (Fsp3) is 0.686. The molecule has 1 aromatic carbocycles. The van der Waals surface area contributed by atoms with Gasteiger partial charge >= 0.3 is 18.2 Å². The number of methoxy groups -OCH3 is 2. The molecule has 3 fully saturated rings. The number of fused-ring (bicyclic) bond motifs is 5. The van der Waals surface area contributed by atoms with E-state index in [1.165, 1.54) is 42.8 Å². The molecule has 5 rings (SSSR count). The summed E-state index contributed by atoms with van der Waals surface area (Å²) >= 11 is 8.27. The van der Waals surface area contributed by atoms with Crippen LogP contribution in [0.1, 0.15) is 111 Å². The Bertz CT molecular complexity index is 2180. The molecule has 10 atom stereocenters. The van der Waals surface area contributed by atoms with Crippen LogP contribution in [0.2, 0.25) is 5.02 Å². The van der Waals surface area contributed by atoms with Crippen LogP contribution >= 0.6 is 45.0 Å². The fourth-order valence-electron chi connectivity index (χ4n) is 9.31. The number of aliphatic hydroxyl groups is 1. The van der Waals surface area contributed by atoms with E-state index < -0.39 is 76.5 Å². The van der Waals surface area contributed by atoms with Crippen LogP contribution < -0.4 is 20.3 Å². The Morgan fingerprint density at radius 3 is 2.54 bits per heavy atom. The minimum absolute atomic E-state index is 0.0330. The van der Waals surface area contributed by atoms with E-state index in [9.17, 15) is 33.9 Å². The van der Waals surface area contributed by atoms with E-state index in [0.29, 0.717) is 43.7 Å². The standard InChI is InChI=1S/C51H75ClN4O13S3/c1-30-16-14-20-40(65-10)51(63)28-38(67-48(62)54-51)31(2)45-50(6,69-45)41(27-43(59)56(8)35-25-33(24-30)26-37(64-9)44(35)52)68-46(60)32(3)55(7)42(58)21-22-49(4,5)71-29-34(57)17-15-23-53-47(61)66-36-18-12-13-19-39(36)72-70-11/h14,16,20,25-26,31-32,36,38-41,45,63H,12-13,15,17-19,21-24,27-29H2,1-11H3,(H,53,61)(H,54,62)/b20-14+,30-16+/t31-,32+,36+,38+,39+,40-,41+,45+,50+,51+/m1/s1. The van der Waals surface area contributed by atoms with Crippen LogP contribution in [0.4, 0.5) is 15.3 Å². The van der Waals surface area contributed by atoms with Crippen LogP contribution in [0.25, 0.3) is 0 Å². The number of anilines is 1. The lowest BCUT2D eigenvalue weighted by Crippen LogP contribution is -2.63. The molecule has 0 aromatic heterocycles. The minimum atomic E-state index is -1.86. The van der Waals surface area contributed by atoms with Gasteiger partial charge in [-0.15, -0.1) is 11.8 Å². The Kier molecular flexibility index (Phi) is 21.6. The van der Waals surface area contributed by atoms with Crippen molar-refractivity contribution in [3.05, 3.63) is 46.5 Å². The van der Waals surface area contributed by atoms with Gasteiger partial charge in [0, 0.05) is 57.7 Å². The average Bonchev–Trinajstić information content (AvgIpc) is 4.04. The van der Waals surface area contributed by atoms with Crippen molar-refractivity contribution in [2.24, 2.45) is 5.92 Å². The summed E-state index contributed by atoms with van der Waals surface area (Å²) in [5.41, 5.74) is -1.07. The lowest BCUT2D eigenvalue weighted by atomic mass is 9.83. The van der Waals surface area contributed by atoms with Gasteiger partial charge in [-0.1, -0.05) is 84.2 Å². The van der Waals surface area contributed by atoms with Crippen molar-refractivity contribution >= 4 is 86.4 Å². The fourth-order valence-corrected chi connectivity index (χ4v) is 12.8. The normalized spacial score (nSPS) is 29.5. The predicted molar refractivity (Wildman–Crippen MR) is 283 cm³/mol. The summed E-state index contributed by atoms with van der Waals surface area (Å²) in [5.74, 6) is -1.51. The average molecular weight is 1080 g/mol. The van der Waals surface area contributed by atoms with Gasteiger partial charge in [0.25, 0.3) is 0 Å². The van der Waals surface area contributed by atoms with Gasteiger partial charge in [-0.25, -0.2) is 14.4 Å². The van der Waals surface area contributed by atoms with Crippen LogP contribution in [0.5, 0.6) is 5.75 Å². The first kappa shape index (κ1) is 59.2. The van der Waals surface area contributed by atoms with Crippen molar-refractivity contribution in [2.75, 3.05) is 51.8 Å². The largest absolute Gasteiger partial charge is 0.495 e. The molecule has 0 unspecified atom stereocenters. The van der Waals surface area contributed by atoms with Crippen molar-refractivity contribution in [1.29, 1.82) is 0 Å². The Morgan fingerprint density at radius 2 is 1.85 bits per heavy atom. The van der Waals surface area contributed by atoms with Gasteiger partial charge in [0.05, 0.1) is 36.3 Å². The number of carbonyl (C=O) groups excluding carboxylic acids is 6. The number of ketones is 1. The van der Waals surface area contributed by atoms with E-state index in [2.05, 4.69) is 10.6 Å². The third kappa shape index (κ3) is 15.7. The number of rotatable bonds is 18. The van der Waals surface area contributed by atoms with E-state index in [0.717, 1.165) is 36.8 Å². The first-order valence-corrected chi connectivity index (χ1v) is 28.6. The van der Waals surface area contributed by atoms with Gasteiger partial charge in [-0.05, 0) is 83.2 Å². The number of thioether (sulfide) groups is 1. The zero-order valence-corrected chi connectivity index (χ0v) is 46.7. The van der Waals surface area contributed by atoms with Crippen LogP contribution in [0, 0.1) is 5.92 Å². The second-order valence-corrected chi connectivity index (χ2v) is 24.8. The number of benzene rings is 1. The highest BCUT2D eigenvalue weighted by Crippen LogP contribution is 2.49. The van der Waals surface area contributed by atoms with Crippen LogP contribution in [-0.4, -0.2) is 151 Å². The molecule has 72 heavy (non-hydrogen) atoms. The highest BCUT2D eigenvalue weighted by molar-refractivity contribution is 8.76. The molecular formula is C51H75ClN4O13S3. The van der Waals surface area contributed by atoms with Crippen LogP contribution in [0.15, 0.2) is 35.9 Å². The molecule has 4 aliphatic rings. The molecule has 3 aliphatic heterocycles. The van der Waals surface area contributed by atoms with E-state index in [4.69, 9.17) is 40.0 Å². The molecular weight excluding hydrogens is 1010 g/mol. The quantitative estimate of drug-likeness (QED) is 0.0416. The number of esters is 1. The predicted octanol–water partition coefficient (Wildman–Crippen LogP) is 8.20. The molecule has 1 aromatic rings. The second kappa shape index (κ2) is 26.2. The number of carbonyl (C=O) groups is 6. The zero-order valence-electron chi connectivity index (χ0n) is 43.5. The Morgan fingerprint density at radius 1 is 1.12 bits per heavy atom. The molecule has 0 radical (unpaired) electrons. The topological polar surface area (TPSA) is 212 Å². The first-order chi connectivity index (χ1) is 33.9. The maximum absolute atomic E-state index is 14.4. The van der Waals surface area contributed by atoms with Crippen LogP contribution in [-0.2, 0) is 49.3 Å². The lowest BCUT2D eigenvalue weighted by molar-refractivity contribution is -0.162. The summed E-state index contributed by atoms with van der Waals surface area (Å²) < 4.78 is 34.8. The van der Waals surface area contributed by atoms with E-state index in [1.54, 1.807) is 73.7 Å². The van der Waals surface area contributed by atoms with Gasteiger partial charge < -0.3 is 48.6 Å². The highest BCUT2D eigenvalue weighted by Gasteiger charge is 2.64. The van der Waals surface area contributed by atoms with E-state index >= 15 is 0 Å². The summed E-state index contributed by atoms with van der Waals surface area (Å²) in [4.78, 5) is 83.2. The van der Waals surface area contributed by atoms with E-state index in [1.807, 2.05) is 33.1 Å². The van der Waals surface area contributed by atoms with Gasteiger partial charge in [0.15, 0.2) is 5.72 Å². The SMILES string of the molecule is COc1cc2cc(c1Cl)N(C)C(=O)C[C@H](OC(=O)[C@H](C)N(C)C(=O)CCC(C)(C)SCC(=O)CCCNC(=O)O[C@H]1CCCC[C@@H]1SSC)[C@]1(C)O[C@H]1[C@H](C)[C@@H]1C[C@@](O)(NC(=O)O1)[C@H](OC)/C=C/C=C(\C)C2. The van der Waals surface area contributed by atoms with Crippen LogP contribution in [0.3, 0.4) is 0 Å². The molecule has 3 N–H and O–H groups in total. The number of allylic oxidation sites excluding steroid dienone is 3. The number of nitrogens with zero attached hydrogens (tertiary/aromatic N) is 2. The molecule has 3 heterocycles. The van der Waals surface area contributed by atoms with Crippen molar-refractivity contribution in [3.63, 3.8) is 0 Å². The Labute approximate surface area is 442 Å². The second-order valence-electron chi connectivity index (χ2n) is 20.1. The number of nitrogens with one attached hydrogen (secondary N) is 2. The number of halogens is 1. The first-order valence-electron chi connectivity index (χ1n) is 24.6. The van der Waals surface area contributed by atoms with Gasteiger partial charge in [-0.2, -0.15) is 0 Å². The minimum Gasteiger partial charge on any atom is -0.495 e. The molecule has 402 valence electrons. The van der Waals surface area contributed by atoms with Crippen molar-refractivity contribution in [2.45, 2.75) is 170 Å². The van der Waals surface area contributed by atoms with Gasteiger partial charge in [0.2, 0.25) is 11.8 Å². The smallest absolute Gasteiger partial charge is 0.409 e. The maximum atomic E-state index is 14.4. The summed E-state index contributed by atoms with van der Waals surface area (Å²) in [5, 5.41) is 17.7. The third-order valence-electron chi connectivity index (χ3n) is 14.1. The third-order valence-corrected chi connectivity index (χ3v) is 18.2. The summed E-state index contributed by atoms with van der Waals surface area (Å²) in [6.45, 7) is 11.2. The van der Waals surface area contributed by atoms with Crippen molar-refractivity contribution < 1.29 is 62.3 Å². The molecule has 1 aliphatic carbocycles. The molecule has 21 heteroatoms. The summed E-state index contributed by atoms with van der Waals surface area (Å²) in [6.07, 6.45) is 7.42. The summed E-state index contributed by atoms with van der Waals surface area (Å²) in [6, 6.07) is 2.49. The monoisotopic (exact) mass is 1080 g/mol. The highest BCUT2D eigenvalue weighted by atomic mass is 35.5. The molecule has 17 nitrogen and oxygen atoms in total. The number of likely N-dealkylation sites (N-methyl/N-ethyl adjacent to an activating group) is 1. The molecule has 2 saturated heterocycles. The number of amides is 4. The number of Topliss-reactive ketones (excluding diaryl/α,β-unsaturated/α-hetero) is 1. The Hall–Kier alpha value is -3.66. The van der Waals surface area contributed by atoms with E-state index in [-0.39, 0.29) is 53.1 Å². The molecule has 1 saturated carbocycles.